The van der Waals surface area contributed by atoms with Crippen LogP contribution in [0.3, 0.4) is 0 Å². The first kappa shape index (κ1) is 16.0. The van der Waals surface area contributed by atoms with Crippen LogP contribution in [0.5, 0.6) is 5.75 Å². The highest BCUT2D eigenvalue weighted by molar-refractivity contribution is 7.14. The van der Waals surface area contributed by atoms with E-state index in [1.807, 2.05) is 13.0 Å². The van der Waals surface area contributed by atoms with Gasteiger partial charge in [-0.25, -0.2) is 4.79 Å². The smallest absolute Gasteiger partial charge is 0.349 e. The average Bonchev–Trinajstić information content (AvgIpc) is 2.81. The van der Waals surface area contributed by atoms with Gasteiger partial charge in [-0.15, -0.1) is 11.3 Å². The van der Waals surface area contributed by atoms with E-state index in [4.69, 9.17) is 9.84 Å². The minimum atomic E-state index is -0.886. The summed E-state index contributed by atoms with van der Waals surface area (Å²) in [5.41, 5.74) is 0. The minimum Gasteiger partial charge on any atom is -0.492 e. The second-order valence-electron chi connectivity index (χ2n) is 4.68. The van der Waals surface area contributed by atoms with Crippen LogP contribution in [0.15, 0.2) is 6.07 Å². The number of carbonyl (C=O) groups is 1. The van der Waals surface area contributed by atoms with Gasteiger partial charge in [-0.2, -0.15) is 0 Å². The highest BCUT2D eigenvalue weighted by Crippen LogP contribution is 2.30. The monoisotopic (exact) mass is 284 g/mol. The highest BCUT2D eigenvalue weighted by Gasteiger charge is 2.15. The average molecular weight is 284 g/mol. The summed E-state index contributed by atoms with van der Waals surface area (Å²) in [5.74, 6) is -0.342. The first-order valence-corrected chi connectivity index (χ1v) is 7.99. The molecule has 3 nitrogen and oxygen atoms in total. The Bertz CT molecular complexity index is 385. The topological polar surface area (TPSA) is 46.5 Å². The summed E-state index contributed by atoms with van der Waals surface area (Å²) < 4.78 is 5.62. The maximum absolute atomic E-state index is 11.1. The van der Waals surface area contributed by atoms with Crippen molar-refractivity contribution in [3.63, 3.8) is 0 Å². The molecule has 1 heterocycles. The zero-order valence-corrected chi connectivity index (χ0v) is 12.7. The lowest BCUT2D eigenvalue weighted by atomic mass is 10.1. The molecule has 0 aliphatic rings. The zero-order chi connectivity index (χ0) is 14.1. The molecule has 1 rings (SSSR count). The minimum absolute atomic E-state index is 0.336. The Hall–Kier alpha value is -1.03. The number of ether oxygens (including phenoxy) is 1. The molecule has 1 N–H and O–H groups in total. The van der Waals surface area contributed by atoms with Crippen molar-refractivity contribution >= 4 is 17.3 Å². The molecule has 0 unspecified atom stereocenters. The predicted molar refractivity (Wildman–Crippen MR) is 79.5 cm³/mol. The number of hydrogen-bond acceptors (Lipinski definition) is 3. The Kier molecular flexibility index (Phi) is 7.56. The van der Waals surface area contributed by atoms with Gasteiger partial charge in [-0.3, -0.25) is 0 Å². The van der Waals surface area contributed by atoms with E-state index in [-0.39, 0.29) is 0 Å². The van der Waals surface area contributed by atoms with Gasteiger partial charge in [0.1, 0.15) is 5.75 Å². The molecule has 19 heavy (non-hydrogen) atoms. The normalized spacial score (nSPS) is 10.6. The van der Waals surface area contributed by atoms with Crippen molar-refractivity contribution in [3.8, 4) is 5.75 Å². The molecule has 0 aromatic carbocycles. The number of hydrogen-bond donors (Lipinski definition) is 1. The number of carboxylic acids is 1. The van der Waals surface area contributed by atoms with Crippen molar-refractivity contribution < 1.29 is 14.6 Å². The number of aromatic carboxylic acids is 1. The predicted octanol–water partition coefficient (Wildman–Crippen LogP) is 4.75. The molecule has 0 bridgehead atoms. The summed E-state index contributed by atoms with van der Waals surface area (Å²) in [4.78, 5) is 12.5. The standard InChI is InChI=1S/C15H24O3S/c1-3-5-6-7-8-9-10-18-13-11-12(4-2)19-14(13)15(16)17/h11H,3-10H2,1-2H3,(H,16,17). The van der Waals surface area contributed by atoms with Crippen molar-refractivity contribution in [3.05, 3.63) is 15.8 Å². The van der Waals surface area contributed by atoms with Gasteiger partial charge in [-0.1, -0.05) is 46.0 Å². The van der Waals surface area contributed by atoms with Crippen molar-refractivity contribution in [2.24, 2.45) is 0 Å². The van der Waals surface area contributed by atoms with E-state index < -0.39 is 5.97 Å². The summed E-state index contributed by atoms with van der Waals surface area (Å²) in [7, 11) is 0. The maximum atomic E-state index is 11.1. The lowest BCUT2D eigenvalue weighted by Crippen LogP contribution is -2.01. The van der Waals surface area contributed by atoms with Crippen LogP contribution in [-0.4, -0.2) is 17.7 Å². The molecular weight excluding hydrogens is 260 g/mol. The third kappa shape index (κ3) is 5.64. The lowest BCUT2D eigenvalue weighted by molar-refractivity contribution is 0.0698. The summed E-state index contributed by atoms with van der Waals surface area (Å²) in [6, 6.07) is 1.87. The zero-order valence-electron chi connectivity index (χ0n) is 11.9. The van der Waals surface area contributed by atoms with E-state index >= 15 is 0 Å². The van der Waals surface area contributed by atoms with Crippen LogP contribution in [0.4, 0.5) is 0 Å². The Labute approximate surface area is 119 Å². The number of aryl methyl sites for hydroxylation is 1. The maximum Gasteiger partial charge on any atom is 0.349 e. The Balaban J connectivity index is 2.32. The van der Waals surface area contributed by atoms with Crippen molar-refractivity contribution in [1.29, 1.82) is 0 Å². The van der Waals surface area contributed by atoms with Crippen LogP contribution in [0.1, 0.15) is 66.9 Å². The molecule has 0 fully saturated rings. The van der Waals surface area contributed by atoms with Gasteiger partial charge in [0, 0.05) is 4.88 Å². The van der Waals surface area contributed by atoms with Gasteiger partial charge in [0.25, 0.3) is 0 Å². The van der Waals surface area contributed by atoms with Crippen molar-refractivity contribution in [2.75, 3.05) is 6.61 Å². The molecule has 0 saturated heterocycles. The van der Waals surface area contributed by atoms with Crippen LogP contribution in [0.2, 0.25) is 0 Å². The molecule has 0 radical (unpaired) electrons. The molecule has 4 heteroatoms. The summed E-state index contributed by atoms with van der Waals surface area (Å²) in [5, 5.41) is 9.10. The van der Waals surface area contributed by atoms with Crippen LogP contribution < -0.4 is 4.74 Å². The Morgan fingerprint density at radius 3 is 2.53 bits per heavy atom. The molecule has 0 aliphatic carbocycles. The molecule has 0 atom stereocenters. The lowest BCUT2D eigenvalue weighted by Gasteiger charge is -2.05. The fourth-order valence-electron chi connectivity index (χ4n) is 1.92. The summed E-state index contributed by atoms with van der Waals surface area (Å²) >= 11 is 1.32. The first-order valence-electron chi connectivity index (χ1n) is 7.17. The Morgan fingerprint density at radius 1 is 1.21 bits per heavy atom. The van der Waals surface area contributed by atoms with Crippen LogP contribution in [-0.2, 0) is 6.42 Å². The third-order valence-corrected chi connectivity index (χ3v) is 4.30. The highest BCUT2D eigenvalue weighted by atomic mass is 32.1. The van der Waals surface area contributed by atoms with E-state index in [0.717, 1.165) is 24.1 Å². The third-order valence-electron chi connectivity index (χ3n) is 3.05. The van der Waals surface area contributed by atoms with Crippen molar-refractivity contribution in [2.45, 2.75) is 58.8 Å². The van der Waals surface area contributed by atoms with Crippen molar-refractivity contribution in [1.82, 2.24) is 0 Å². The van der Waals surface area contributed by atoms with E-state index in [2.05, 4.69) is 6.92 Å². The number of carboxylic acid groups (broad SMARTS) is 1. The fourth-order valence-corrected chi connectivity index (χ4v) is 2.80. The van der Waals surface area contributed by atoms with Gasteiger partial charge < -0.3 is 9.84 Å². The van der Waals surface area contributed by atoms with Gasteiger partial charge >= 0.3 is 5.97 Å². The molecular formula is C15H24O3S. The molecule has 108 valence electrons. The summed E-state index contributed by atoms with van der Waals surface area (Å²) in [6.45, 7) is 4.85. The fraction of sp³-hybridized carbons (Fsp3) is 0.667. The second kappa shape index (κ2) is 8.97. The molecule has 0 amide bonds. The Morgan fingerprint density at radius 2 is 1.89 bits per heavy atom. The SMILES string of the molecule is CCCCCCCCOc1cc(CC)sc1C(=O)O. The van der Waals surface area contributed by atoms with E-state index in [0.29, 0.717) is 17.2 Å². The van der Waals surface area contributed by atoms with E-state index in [9.17, 15) is 4.79 Å². The molecule has 1 aromatic heterocycles. The summed E-state index contributed by atoms with van der Waals surface area (Å²) in [6.07, 6.45) is 8.10. The molecule has 0 spiro atoms. The van der Waals surface area contributed by atoms with Gasteiger partial charge in [0.15, 0.2) is 4.88 Å². The van der Waals surface area contributed by atoms with Gasteiger partial charge in [0.05, 0.1) is 6.61 Å². The second-order valence-corrected chi connectivity index (χ2v) is 5.82. The molecule has 0 saturated carbocycles. The molecule has 0 aliphatic heterocycles. The van der Waals surface area contributed by atoms with Crippen LogP contribution in [0.25, 0.3) is 0 Å². The van der Waals surface area contributed by atoms with E-state index in [1.165, 1.54) is 37.0 Å². The number of unbranched alkanes of at least 4 members (excludes halogenated alkanes) is 5. The van der Waals surface area contributed by atoms with Gasteiger partial charge in [-0.05, 0) is 18.9 Å². The van der Waals surface area contributed by atoms with Crippen LogP contribution in [0, 0.1) is 0 Å². The number of rotatable bonds is 10. The largest absolute Gasteiger partial charge is 0.492 e. The first-order chi connectivity index (χ1) is 9.19. The molecule has 1 aromatic rings. The van der Waals surface area contributed by atoms with E-state index in [1.54, 1.807) is 0 Å². The van der Waals surface area contributed by atoms with Gasteiger partial charge in [0.2, 0.25) is 0 Å². The van der Waals surface area contributed by atoms with Crippen LogP contribution >= 0.6 is 11.3 Å². The number of thiophene rings is 1. The quantitative estimate of drug-likeness (QED) is 0.631.